The highest BCUT2D eigenvalue weighted by Gasteiger charge is 2.23. The minimum atomic E-state index is 0.250. The monoisotopic (exact) mass is 1710 g/mol. The van der Waals surface area contributed by atoms with Gasteiger partial charge in [0.2, 0.25) is 0 Å². The van der Waals surface area contributed by atoms with Crippen molar-refractivity contribution in [3.63, 3.8) is 0 Å². The first-order valence-corrected chi connectivity index (χ1v) is 42.0. The molecule has 20 rings (SSSR count). The highest BCUT2D eigenvalue weighted by atomic mass is 16.4. The Labute approximate surface area is 746 Å². The fraction of sp³-hybridized carbons (Fsp3) is 0.148. The second kappa shape index (κ2) is 53.5. The van der Waals surface area contributed by atoms with Crippen molar-refractivity contribution in [2.24, 2.45) is 0 Å². The molecule has 0 amide bonds. The molecule has 128 heavy (non-hydrogen) atoms. The van der Waals surface area contributed by atoms with Gasteiger partial charge in [-0.05, 0) is 74.2 Å². The summed E-state index contributed by atoms with van der Waals surface area (Å²) in [7, 11) is 4.00. The normalized spacial score (nSPS) is 10.1. The van der Waals surface area contributed by atoms with Gasteiger partial charge in [0, 0.05) is 168 Å². The molecule has 0 saturated carbocycles. The summed E-state index contributed by atoms with van der Waals surface area (Å²) >= 11 is 0. The Morgan fingerprint density at radius 2 is 0.344 bits per heavy atom. The van der Waals surface area contributed by atoms with Crippen LogP contribution in [0.3, 0.4) is 0 Å². The SMILES string of the molecule is CCO.CCO.CCO.CCO.CO.CO.CO.CO.c1ccc(-c2nc(Cc3c[nH]c4ccccc34)oc2-c2ccccc2)cc1.c1ccc(-c2nc(Cc3c[nH]c4ccccc34)oc2-c2ccccc2)cc1.c1ccc(-c2nc(Cc3c[nH]c4ccccc34)oc2-c2ccccc2)cc1.c1ccc(-c2nc(Cc3c[nH]c4ccccc34)oc2-c2ccccc2)cc1. The number of para-hydroxylation sites is 4. The summed E-state index contributed by atoms with van der Waals surface area (Å²) in [5.41, 5.74) is 21.2. The van der Waals surface area contributed by atoms with E-state index in [-0.39, 0.29) is 26.4 Å². The zero-order chi connectivity index (χ0) is 91.0. The van der Waals surface area contributed by atoms with Crippen molar-refractivity contribution in [3.8, 4) is 90.3 Å². The minimum Gasteiger partial charge on any atom is -0.440 e. The molecule has 0 fully saturated rings. The van der Waals surface area contributed by atoms with Gasteiger partial charge in [0.05, 0.1) is 25.7 Å². The molecule has 656 valence electrons. The van der Waals surface area contributed by atoms with Crippen LogP contribution in [0, 0.1) is 0 Å². The fourth-order valence-electron chi connectivity index (χ4n) is 13.8. The first-order chi connectivity index (χ1) is 63.2. The molecule has 0 unspecified atom stereocenters. The van der Waals surface area contributed by atoms with E-state index in [0.717, 1.165) is 164 Å². The number of aliphatic hydroxyl groups excluding tert-OH is 8. The van der Waals surface area contributed by atoms with Gasteiger partial charge in [-0.3, -0.25) is 0 Å². The number of rotatable bonds is 16. The summed E-state index contributed by atoms with van der Waals surface area (Å²) in [6, 6.07) is 115. The molecule has 0 radical (unpaired) electrons. The number of nitrogens with one attached hydrogen (secondary N) is 4. The zero-order valence-corrected chi connectivity index (χ0v) is 73.3. The number of hydrogen-bond donors (Lipinski definition) is 12. The van der Waals surface area contributed by atoms with Gasteiger partial charge < -0.3 is 78.5 Å². The van der Waals surface area contributed by atoms with E-state index in [2.05, 4.69) is 190 Å². The Kier molecular flexibility index (Phi) is 40.6. The van der Waals surface area contributed by atoms with Gasteiger partial charge in [0.25, 0.3) is 0 Å². The van der Waals surface area contributed by atoms with Crippen molar-refractivity contribution in [2.75, 3.05) is 54.9 Å². The van der Waals surface area contributed by atoms with Gasteiger partial charge in [0.1, 0.15) is 22.8 Å². The lowest BCUT2D eigenvalue weighted by molar-refractivity contribution is 0.318. The predicted octanol–water partition coefficient (Wildman–Crippen LogP) is 22.8. The van der Waals surface area contributed by atoms with Gasteiger partial charge >= 0.3 is 0 Å². The average Bonchev–Trinajstić information content (AvgIpc) is 1.63. The zero-order valence-electron chi connectivity index (χ0n) is 73.3. The standard InChI is InChI=1S/4C24H18N2O.4C2H6O.4CH4O/c4*1-3-9-17(10-4-1)23-24(18-11-5-2-6-12-18)27-22(26-23)15-19-16-25-21-14-8-7-13-20(19)21;4*1-2-3;4*1-2/h4*1-14,16,25H,15H2;4*3H,2H2,1H3;4*2H,1H3. The van der Waals surface area contributed by atoms with Crippen LogP contribution in [0.5, 0.6) is 0 Å². The lowest BCUT2D eigenvalue weighted by Crippen LogP contribution is -1.87. The maximum Gasteiger partial charge on any atom is 0.200 e. The summed E-state index contributed by atoms with van der Waals surface area (Å²) in [5, 5.41) is 63.1. The predicted molar refractivity (Wildman–Crippen MR) is 518 cm³/mol. The number of aromatic amines is 4. The van der Waals surface area contributed by atoms with Gasteiger partial charge in [0.15, 0.2) is 46.6 Å². The van der Waals surface area contributed by atoms with Crippen molar-refractivity contribution in [1.82, 2.24) is 39.9 Å². The molecule has 0 aliphatic heterocycles. The quantitative estimate of drug-likeness (QED) is 0.0428. The van der Waals surface area contributed by atoms with E-state index in [0.29, 0.717) is 25.7 Å². The van der Waals surface area contributed by atoms with E-state index in [9.17, 15) is 0 Å². The van der Waals surface area contributed by atoms with Gasteiger partial charge in [-0.15, -0.1) is 0 Å². The van der Waals surface area contributed by atoms with E-state index >= 15 is 0 Å². The summed E-state index contributed by atoms with van der Waals surface area (Å²) in [6.45, 7) is 7.72. The molecule has 8 heterocycles. The van der Waals surface area contributed by atoms with Crippen molar-refractivity contribution in [3.05, 3.63) is 410 Å². The third-order valence-electron chi connectivity index (χ3n) is 19.1. The summed E-state index contributed by atoms with van der Waals surface area (Å²) in [4.78, 5) is 32.7. The molecule has 0 aliphatic carbocycles. The summed E-state index contributed by atoms with van der Waals surface area (Å²) in [6.07, 6.45) is 10.8. The van der Waals surface area contributed by atoms with Crippen molar-refractivity contribution < 1.29 is 58.5 Å². The molecule has 0 saturated heterocycles. The molecule has 0 spiro atoms. The molecular formula is C108H112N8O12. The minimum absolute atomic E-state index is 0.250. The smallest absolute Gasteiger partial charge is 0.200 e. The number of benzene rings is 12. The number of aromatic nitrogens is 8. The lowest BCUT2D eigenvalue weighted by atomic mass is 10.1. The second-order valence-corrected chi connectivity index (χ2v) is 27.5. The molecule has 20 heteroatoms. The first kappa shape index (κ1) is 97.1. The van der Waals surface area contributed by atoms with Gasteiger partial charge in [-0.25, -0.2) is 19.9 Å². The lowest BCUT2D eigenvalue weighted by Gasteiger charge is -2.00. The largest absolute Gasteiger partial charge is 0.440 e. The van der Waals surface area contributed by atoms with Crippen LogP contribution in [0.2, 0.25) is 0 Å². The molecule has 20 aromatic rings. The number of oxazole rings is 4. The third kappa shape index (κ3) is 26.7. The first-order valence-electron chi connectivity index (χ1n) is 42.0. The van der Waals surface area contributed by atoms with Crippen molar-refractivity contribution >= 4 is 43.6 Å². The Balaban J connectivity index is 0.000000180. The number of aliphatic hydroxyl groups is 8. The van der Waals surface area contributed by atoms with Crippen LogP contribution in [0.25, 0.3) is 134 Å². The third-order valence-corrected chi connectivity index (χ3v) is 19.1. The molecule has 12 aromatic carbocycles. The Bertz CT molecular complexity index is 5400. The van der Waals surface area contributed by atoms with Crippen LogP contribution in [0.4, 0.5) is 0 Å². The molecule has 20 nitrogen and oxygen atoms in total. The molecule has 0 atom stereocenters. The Morgan fingerprint density at radius 3 is 0.508 bits per heavy atom. The van der Waals surface area contributed by atoms with Gasteiger partial charge in [-0.1, -0.05) is 315 Å². The Morgan fingerprint density at radius 1 is 0.203 bits per heavy atom. The second-order valence-electron chi connectivity index (χ2n) is 27.5. The molecular weight excluding hydrogens is 1600 g/mol. The van der Waals surface area contributed by atoms with Crippen LogP contribution in [-0.2, 0) is 25.7 Å². The van der Waals surface area contributed by atoms with E-state index in [1.807, 2.05) is 195 Å². The Hall–Kier alpha value is -14.7. The van der Waals surface area contributed by atoms with Crippen molar-refractivity contribution in [2.45, 2.75) is 53.4 Å². The summed E-state index contributed by atoms with van der Waals surface area (Å²) < 4.78 is 25.0. The maximum absolute atomic E-state index is 7.57. The number of hydrogen-bond acceptors (Lipinski definition) is 16. The number of fused-ring (bicyclic) bond motifs is 4. The van der Waals surface area contributed by atoms with Crippen LogP contribution in [0.1, 0.15) is 73.5 Å². The van der Waals surface area contributed by atoms with Gasteiger partial charge in [-0.2, -0.15) is 0 Å². The topological polar surface area (TPSA) is 329 Å². The number of nitrogens with zero attached hydrogens (tertiary/aromatic N) is 4. The van der Waals surface area contributed by atoms with Crippen molar-refractivity contribution in [1.29, 1.82) is 0 Å². The van der Waals surface area contributed by atoms with E-state index in [1.54, 1.807) is 27.7 Å². The average molecular weight is 1710 g/mol. The van der Waals surface area contributed by atoms with Crippen LogP contribution in [0.15, 0.2) is 382 Å². The van der Waals surface area contributed by atoms with Crippen LogP contribution in [-0.4, -0.2) is 136 Å². The van der Waals surface area contributed by atoms with E-state index in [1.165, 1.54) is 43.8 Å². The molecule has 8 aromatic heterocycles. The highest BCUT2D eigenvalue weighted by Crippen LogP contribution is 2.39. The maximum atomic E-state index is 7.57. The van der Waals surface area contributed by atoms with Crippen LogP contribution < -0.4 is 0 Å². The highest BCUT2D eigenvalue weighted by molar-refractivity contribution is 5.87. The molecule has 0 bridgehead atoms. The van der Waals surface area contributed by atoms with E-state index < -0.39 is 0 Å². The summed E-state index contributed by atoms with van der Waals surface area (Å²) in [5.74, 6) is 6.14. The fourth-order valence-corrected chi connectivity index (χ4v) is 13.8. The van der Waals surface area contributed by atoms with Crippen LogP contribution >= 0.6 is 0 Å². The molecule has 0 aliphatic rings. The molecule has 12 N–H and O–H groups in total. The van der Waals surface area contributed by atoms with E-state index in [4.69, 9.17) is 78.5 Å². The number of H-pyrrole nitrogens is 4.